The highest BCUT2D eigenvalue weighted by atomic mass is 35.5. The van der Waals surface area contributed by atoms with Gasteiger partial charge in [-0.15, -0.1) is 0 Å². The maximum atomic E-state index is 11.8. The molecule has 0 saturated heterocycles. The number of hydrogen-bond acceptors (Lipinski definition) is 1. The van der Waals surface area contributed by atoms with Crippen molar-refractivity contribution in [1.29, 1.82) is 0 Å². The lowest BCUT2D eigenvalue weighted by atomic mass is 9.89. The molecule has 18 heavy (non-hydrogen) atoms. The van der Waals surface area contributed by atoms with E-state index in [1.54, 1.807) is 6.92 Å². The molecule has 0 bridgehead atoms. The Morgan fingerprint density at radius 3 is 2.22 bits per heavy atom. The highest BCUT2D eigenvalue weighted by Crippen LogP contribution is 2.23. The molecule has 0 aliphatic rings. The van der Waals surface area contributed by atoms with E-state index in [-0.39, 0.29) is 11.7 Å². The lowest BCUT2D eigenvalue weighted by Crippen LogP contribution is -2.11. The molecule has 0 aromatic heterocycles. The molecule has 0 amide bonds. The van der Waals surface area contributed by atoms with Crippen molar-refractivity contribution in [2.45, 2.75) is 19.3 Å². The minimum Gasteiger partial charge on any atom is -0.299 e. The normalized spacial score (nSPS) is 12.1. The van der Waals surface area contributed by atoms with Crippen LogP contribution in [0.2, 0.25) is 5.02 Å². The third-order valence-electron chi connectivity index (χ3n) is 3.05. The van der Waals surface area contributed by atoms with Gasteiger partial charge in [0.15, 0.2) is 0 Å². The van der Waals surface area contributed by atoms with E-state index in [2.05, 4.69) is 0 Å². The zero-order valence-corrected chi connectivity index (χ0v) is 11.0. The molecule has 1 nitrogen and oxygen atoms in total. The Kier molecular flexibility index (Phi) is 4.16. The molecule has 0 saturated carbocycles. The summed E-state index contributed by atoms with van der Waals surface area (Å²) in [4.78, 5) is 11.8. The molecule has 2 aromatic carbocycles. The fourth-order valence-electron chi connectivity index (χ4n) is 2.04. The monoisotopic (exact) mass is 258 g/mol. The van der Waals surface area contributed by atoms with Crippen molar-refractivity contribution in [2.75, 3.05) is 0 Å². The molecule has 0 fully saturated rings. The predicted octanol–water partition coefficient (Wildman–Crippen LogP) is 4.26. The largest absolute Gasteiger partial charge is 0.299 e. The molecule has 1 atom stereocenters. The van der Waals surface area contributed by atoms with Gasteiger partial charge in [0.25, 0.3) is 0 Å². The summed E-state index contributed by atoms with van der Waals surface area (Å²) in [6, 6.07) is 17.6. The second-order valence-corrected chi connectivity index (χ2v) is 4.84. The van der Waals surface area contributed by atoms with Crippen LogP contribution >= 0.6 is 11.6 Å². The Bertz CT molecular complexity index is 517. The van der Waals surface area contributed by atoms with Crippen molar-refractivity contribution >= 4 is 17.4 Å². The Labute approximate surface area is 112 Å². The van der Waals surface area contributed by atoms with Crippen LogP contribution in [-0.2, 0) is 11.2 Å². The van der Waals surface area contributed by atoms with Crippen molar-refractivity contribution in [3.05, 3.63) is 70.7 Å². The van der Waals surface area contributed by atoms with E-state index in [1.165, 1.54) is 5.56 Å². The van der Waals surface area contributed by atoms with Crippen LogP contribution in [0.1, 0.15) is 24.0 Å². The van der Waals surface area contributed by atoms with Gasteiger partial charge in [0.2, 0.25) is 0 Å². The molecule has 92 valence electrons. The average molecular weight is 259 g/mol. The van der Waals surface area contributed by atoms with E-state index in [1.807, 2.05) is 54.6 Å². The number of halogens is 1. The number of carbonyl (C=O) groups excluding carboxylic acids is 1. The molecule has 2 aromatic rings. The van der Waals surface area contributed by atoms with Crippen molar-refractivity contribution < 1.29 is 4.79 Å². The van der Waals surface area contributed by atoms with E-state index >= 15 is 0 Å². The third-order valence-corrected chi connectivity index (χ3v) is 3.30. The smallest absolute Gasteiger partial charge is 0.137 e. The second kappa shape index (κ2) is 5.83. The second-order valence-electron chi connectivity index (χ2n) is 4.40. The van der Waals surface area contributed by atoms with E-state index in [0.29, 0.717) is 5.02 Å². The van der Waals surface area contributed by atoms with Gasteiger partial charge >= 0.3 is 0 Å². The standard InChI is InChI=1S/C16H15ClO/c1-12(18)16(11-13-5-3-2-4-6-13)14-7-9-15(17)10-8-14/h2-10,16H,11H2,1H3/t16-/m0/s1. The van der Waals surface area contributed by atoms with Gasteiger partial charge in [0.1, 0.15) is 5.78 Å². The molecule has 0 heterocycles. The van der Waals surface area contributed by atoms with Crippen LogP contribution in [0, 0.1) is 0 Å². The summed E-state index contributed by atoms with van der Waals surface area (Å²) in [5, 5.41) is 0.695. The first kappa shape index (κ1) is 12.8. The number of benzene rings is 2. The fraction of sp³-hybridized carbons (Fsp3) is 0.188. The highest BCUT2D eigenvalue weighted by Gasteiger charge is 2.17. The molecular formula is C16H15ClO. The Hall–Kier alpha value is -1.60. The Morgan fingerprint density at radius 2 is 1.67 bits per heavy atom. The van der Waals surface area contributed by atoms with Crippen LogP contribution in [0.3, 0.4) is 0 Å². The molecule has 0 N–H and O–H groups in total. The van der Waals surface area contributed by atoms with Crippen molar-refractivity contribution in [3.8, 4) is 0 Å². The quantitative estimate of drug-likeness (QED) is 0.801. The lowest BCUT2D eigenvalue weighted by Gasteiger charge is -2.14. The Balaban J connectivity index is 2.24. The number of ketones is 1. The molecule has 0 spiro atoms. The lowest BCUT2D eigenvalue weighted by molar-refractivity contribution is -0.118. The maximum Gasteiger partial charge on any atom is 0.137 e. The summed E-state index contributed by atoms with van der Waals surface area (Å²) in [7, 11) is 0. The first-order valence-electron chi connectivity index (χ1n) is 5.96. The van der Waals surface area contributed by atoms with Crippen LogP contribution in [0.25, 0.3) is 0 Å². The van der Waals surface area contributed by atoms with Gasteiger partial charge in [-0.05, 0) is 36.6 Å². The van der Waals surface area contributed by atoms with Crippen molar-refractivity contribution in [1.82, 2.24) is 0 Å². The van der Waals surface area contributed by atoms with Crippen molar-refractivity contribution in [2.24, 2.45) is 0 Å². The van der Waals surface area contributed by atoms with Crippen LogP contribution in [0.15, 0.2) is 54.6 Å². The maximum absolute atomic E-state index is 11.8. The van der Waals surface area contributed by atoms with Crippen LogP contribution in [0.5, 0.6) is 0 Å². The molecule has 2 rings (SSSR count). The zero-order valence-electron chi connectivity index (χ0n) is 10.3. The summed E-state index contributed by atoms with van der Waals surface area (Å²) in [6.45, 7) is 1.64. The van der Waals surface area contributed by atoms with Crippen molar-refractivity contribution in [3.63, 3.8) is 0 Å². The minimum absolute atomic E-state index is 0.0929. The summed E-state index contributed by atoms with van der Waals surface area (Å²) in [5.74, 6) is 0.0887. The van der Waals surface area contributed by atoms with Crippen LogP contribution in [0.4, 0.5) is 0 Å². The summed E-state index contributed by atoms with van der Waals surface area (Å²) < 4.78 is 0. The van der Waals surface area contributed by atoms with Gasteiger partial charge in [-0.25, -0.2) is 0 Å². The van der Waals surface area contributed by atoms with Gasteiger partial charge in [-0.1, -0.05) is 54.1 Å². The number of rotatable bonds is 4. The molecule has 2 heteroatoms. The summed E-state index contributed by atoms with van der Waals surface area (Å²) in [6.07, 6.45) is 0.734. The summed E-state index contributed by atoms with van der Waals surface area (Å²) in [5.41, 5.74) is 2.20. The minimum atomic E-state index is -0.0929. The topological polar surface area (TPSA) is 17.1 Å². The first-order chi connectivity index (χ1) is 8.66. The predicted molar refractivity (Wildman–Crippen MR) is 75.0 cm³/mol. The molecule has 0 radical (unpaired) electrons. The SMILES string of the molecule is CC(=O)[C@H](Cc1ccccc1)c1ccc(Cl)cc1. The van der Waals surface area contributed by atoms with E-state index in [4.69, 9.17) is 11.6 Å². The van der Waals surface area contributed by atoms with Gasteiger partial charge in [-0.2, -0.15) is 0 Å². The van der Waals surface area contributed by atoms with Gasteiger partial charge in [-0.3, -0.25) is 4.79 Å². The number of carbonyl (C=O) groups is 1. The third kappa shape index (κ3) is 3.21. The van der Waals surface area contributed by atoms with Gasteiger partial charge in [0, 0.05) is 10.9 Å². The van der Waals surface area contributed by atoms with Crippen LogP contribution < -0.4 is 0 Å². The van der Waals surface area contributed by atoms with Gasteiger partial charge in [0.05, 0.1) is 0 Å². The van der Waals surface area contributed by atoms with Gasteiger partial charge < -0.3 is 0 Å². The van der Waals surface area contributed by atoms with E-state index in [0.717, 1.165) is 12.0 Å². The highest BCUT2D eigenvalue weighted by molar-refractivity contribution is 6.30. The average Bonchev–Trinajstić information content (AvgIpc) is 2.38. The molecular weight excluding hydrogens is 244 g/mol. The van der Waals surface area contributed by atoms with Crippen LogP contribution in [-0.4, -0.2) is 5.78 Å². The zero-order chi connectivity index (χ0) is 13.0. The van der Waals surface area contributed by atoms with E-state index < -0.39 is 0 Å². The number of Topliss-reactive ketones (excluding diaryl/α,β-unsaturated/α-hetero) is 1. The number of hydrogen-bond donors (Lipinski definition) is 0. The Morgan fingerprint density at radius 1 is 1.06 bits per heavy atom. The molecule has 0 aliphatic heterocycles. The fourth-order valence-corrected chi connectivity index (χ4v) is 2.17. The molecule has 0 aliphatic carbocycles. The summed E-state index contributed by atoms with van der Waals surface area (Å²) >= 11 is 5.87. The first-order valence-corrected chi connectivity index (χ1v) is 6.34. The van der Waals surface area contributed by atoms with E-state index in [9.17, 15) is 4.79 Å². The molecule has 0 unspecified atom stereocenters.